The third kappa shape index (κ3) is 5.57. The van der Waals surface area contributed by atoms with Gasteiger partial charge in [0.05, 0.1) is 11.8 Å². The van der Waals surface area contributed by atoms with Crippen LogP contribution in [0.4, 0.5) is 0 Å². The Kier molecular flexibility index (Phi) is 6.43. The van der Waals surface area contributed by atoms with Gasteiger partial charge in [-0.25, -0.2) is 0 Å². The Bertz CT molecular complexity index is 369. The van der Waals surface area contributed by atoms with Gasteiger partial charge in [0.15, 0.2) is 0 Å². The second-order valence-corrected chi connectivity index (χ2v) is 5.77. The molecule has 0 aliphatic carbocycles. The van der Waals surface area contributed by atoms with Gasteiger partial charge in [-0.05, 0) is 45.4 Å². The minimum absolute atomic E-state index is 0.343. The largest absolute Gasteiger partial charge is 0.379 e. The number of nitrogens with one attached hydrogen (secondary N) is 1. The maximum absolute atomic E-state index is 5.55. The molecular weight excluding hydrogens is 250 g/mol. The molecule has 1 atom stereocenters. The first-order valence-electron chi connectivity index (χ1n) is 7.71. The van der Waals surface area contributed by atoms with Gasteiger partial charge >= 0.3 is 0 Å². The van der Waals surface area contributed by atoms with Crippen LogP contribution >= 0.6 is 0 Å². The van der Waals surface area contributed by atoms with Crippen molar-refractivity contribution in [1.82, 2.24) is 15.2 Å². The second-order valence-electron chi connectivity index (χ2n) is 5.77. The molecule has 2 rings (SSSR count). The summed E-state index contributed by atoms with van der Waals surface area (Å²) in [6.45, 7) is 9.33. The summed E-state index contributed by atoms with van der Waals surface area (Å²) >= 11 is 0. The zero-order valence-corrected chi connectivity index (χ0v) is 12.7. The summed E-state index contributed by atoms with van der Waals surface area (Å²) in [4.78, 5) is 6.87. The smallest absolute Gasteiger partial charge is 0.0543 e. The quantitative estimate of drug-likeness (QED) is 0.738. The molecule has 0 spiro atoms. The molecule has 20 heavy (non-hydrogen) atoms. The van der Waals surface area contributed by atoms with E-state index >= 15 is 0 Å². The van der Waals surface area contributed by atoms with Crippen molar-refractivity contribution in [2.45, 2.75) is 45.4 Å². The molecule has 1 unspecified atom stereocenters. The van der Waals surface area contributed by atoms with Crippen LogP contribution in [0.3, 0.4) is 0 Å². The average Bonchev–Trinajstić information content (AvgIpc) is 2.87. The molecule has 0 radical (unpaired) electrons. The summed E-state index contributed by atoms with van der Waals surface area (Å²) in [7, 11) is 0. The van der Waals surface area contributed by atoms with Crippen molar-refractivity contribution in [3.63, 3.8) is 0 Å². The Morgan fingerprint density at radius 1 is 1.45 bits per heavy atom. The number of ether oxygens (including phenoxy) is 1. The fraction of sp³-hybridized carbons (Fsp3) is 0.688. The van der Waals surface area contributed by atoms with E-state index in [1.54, 1.807) is 0 Å². The van der Waals surface area contributed by atoms with E-state index in [0.29, 0.717) is 12.1 Å². The Hall–Kier alpha value is -0.970. The van der Waals surface area contributed by atoms with E-state index < -0.39 is 0 Å². The van der Waals surface area contributed by atoms with Gasteiger partial charge in [-0.15, -0.1) is 0 Å². The molecule has 4 heteroatoms. The van der Waals surface area contributed by atoms with Crippen LogP contribution in [0.1, 0.15) is 32.4 Å². The summed E-state index contributed by atoms with van der Waals surface area (Å²) in [6.07, 6.45) is 4.54. The molecule has 0 bridgehead atoms. The normalized spacial score (nSPS) is 19.9. The second kappa shape index (κ2) is 8.35. The fourth-order valence-electron chi connectivity index (χ4n) is 2.56. The molecule has 1 aliphatic heterocycles. The molecule has 4 nitrogen and oxygen atoms in total. The lowest BCUT2D eigenvalue weighted by molar-refractivity contribution is 0.0767. The van der Waals surface area contributed by atoms with Crippen molar-refractivity contribution in [2.24, 2.45) is 0 Å². The number of nitrogens with zero attached hydrogens (tertiary/aromatic N) is 2. The minimum Gasteiger partial charge on any atom is -0.379 e. The summed E-state index contributed by atoms with van der Waals surface area (Å²) in [5.41, 5.74) is 1.17. The van der Waals surface area contributed by atoms with Gasteiger partial charge in [-0.1, -0.05) is 6.07 Å². The standard InChI is InChI=1S/C16H27N3O/c1-14(2)20-11-5-9-18-16-7-10-19(13-16)12-15-6-3-4-8-17-15/h3-4,6,8,14,16,18H,5,7,9-13H2,1-2H3. The van der Waals surface area contributed by atoms with Crippen molar-refractivity contribution in [2.75, 3.05) is 26.2 Å². The van der Waals surface area contributed by atoms with Crippen LogP contribution in [0, 0.1) is 0 Å². The van der Waals surface area contributed by atoms with Crippen molar-refractivity contribution in [3.05, 3.63) is 30.1 Å². The van der Waals surface area contributed by atoms with Crippen molar-refractivity contribution in [1.29, 1.82) is 0 Å². The molecule has 0 aromatic carbocycles. The lowest BCUT2D eigenvalue weighted by Gasteiger charge is -2.16. The van der Waals surface area contributed by atoms with E-state index in [4.69, 9.17) is 4.74 Å². The highest BCUT2D eigenvalue weighted by molar-refractivity contribution is 5.03. The highest BCUT2D eigenvalue weighted by Gasteiger charge is 2.21. The van der Waals surface area contributed by atoms with Gasteiger partial charge in [-0.2, -0.15) is 0 Å². The molecule has 112 valence electrons. The maximum Gasteiger partial charge on any atom is 0.0543 e. The highest BCUT2D eigenvalue weighted by Crippen LogP contribution is 2.12. The summed E-state index contributed by atoms with van der Waals surface area (Å²) in [6, 6.07) is 6.75. The van der Waals surface area contributed by atoms with Crippen molar-refractivity contribution >= 4 is 0 Å². The first-order chi connectivity index (χ1) is 9.74. The van der Waals surface area contributed by atoms with Gasteiger partial charge in [0.25, 0.3) is 0 Å². The Balaban J connectivity index is 1.58. The molecule has 1 aromatic heterocycles. The number of aromatic nitrogens is 1. The zero-order chi connectivity index (χ0) is 14.2. The minimum atomic E-state index is 0.343. The van der Waals surface area contributed by atoms with Gasteiger partial charge in [0.1, 0.15) is 0 Å². The third-order valence-electron chi connectivity index (χ3n) is 3.59. The molecule has 1 N–H and O–H groups in total. The van der Waals surface area contributed by atoms with E-state index in [0.717, 1.165) is 39.2 Å². The van der Waals surface area contributed by atoms with Gasteiger partial charge in [-0.3, -0.25) is 9.88 Å². The summed E-state index contributed by atoms with van der Waals surface area (Å²) in [5.74, 6) is 0. The maximum atomic E-state index is 5.55. The van der Waals surface area contributed by atoms with Gasteiger partial charge < -0.3 is 10.1 Å². The molecule has 2 heterocycles. The number of hydrogen-bond acceptors (Lipinski definition) is 4. The third-order valence-corrected chi connectivity index (χ3v) is 3.59. The molecule has 0 saturated carbocycles. The zero-order valence-electron chi connectivity index (χ0n) is 12.7. The predicted octanol–water partition coefficient (Wildman–Crippen LogP) is 2.06. The summed E-state index contributed by atoms with van der Waals surface area (Å²) < 4.78 is 5.55. The summed E-state index contributed by atoms with van der Waals surface area (Å²) in [5, 5.41) is 3.63. The molecule has 0 amide bonds. The first kappa shape index (κ1) is 15.4. The lowest BCUT2D eigenvalue weighted by Crippen LogP contribution is -2.33. The lowest BCUT2D eigenvalue weighted by atomic mass is 10.2. The fourth-order valence-corrected chi connectivity index (χ4v) is 2.56. The van der Waals surface area contributed by atoms with E-state index in [9.17, 15) is 0 Å². The van der Waals surface area contributed by atoms with Crippen molar-refractivity contribution in [3.8, 4) is 0 Å². The monoisotopic (exact) mass is 277 g/mol. The molecule has 1 aliphatic rings. The van der Waals surface area contributed by atoms with Crippen LogP contribution in [0.5, 0.6) is 0 Å². The van der Waals surface area contributed by atoms with E-state index in [2.05, 4.69) is 41.2 Å². The predicted molar refractivity (Wildman–Crippen MR) is 81.6 cm³/mol. The number of hydrogen-bond donors (Lipinski definition) is 1. The van der Waals surface area contributed by atoms with E-state index in [-0.39, 0.29) is 0 Å². The van der Waals surface area contributed by atoms with E-state index in [1.807, 2.05) is 12.3 Å². The Labute approximate surface area is 122 Å². The van der Waals surface area contributed by atoms with Crippen molar-refractivity contribution < 1.29 is 4.74 Å². The van der Waals surface area contributed by atoms with Gasteiger partial charge in [0.2, 0.25) is 0 Å². The van der Waals surface area contributed by atoms with Crippen LogP contribution in [0.25, 0.3) is 0 Å². The number of rotatable bonds is 8. The SMILES string of the molecule is CC(C)OCCCNC1CCN(Cc2ccccn2)C1. The number of likely N-dealkylation sites (tertiary alicyclic amines) is 1. The topological polar surface area (TPSA) is 37.4 Å². The molecule has 1 aromatic rings. The Morgan fingerprint density at radius 2 is 2.35 bits per heavy atom. The first-order valence-corrected chi connectivity index (χ1v) is 7.71. The van der Waals surface area contributed by atoms with E-state index in [1.165, 1.54) is 12.1 Å². The van der Waals surface area contributed by atoms with Crippen LogP contribution in [0.15, 0.2) is 24.4 Å². The van der Waals surface area contributed by atoms with Crippen LogP contribution in [0.2, 0.25) is 0 Å². The highest BCUT2D eigenvalue weighted by atomic mass is 16.5. The molecule has 1 fully saturated rings. The Morgan fingerprint density at radius 3 is 3.10 bits per heavy atom. The van der Waals surface area contributed by atoms with Crippen LogP contribution in [-0.4, -0.2) is 48.3 Å². The van der Waals surface area contributed by atoms with Crippen LogP contribution in [-0.2, 0) is 11.3 Å². The van der Waals surface area contributed by atoms with Gasteiger partial charge in [0, 0.05) is 38.5 Å². The molecular formula is C16H27N3O. The molecule has 1 saturated heterocycles. The average molecular weight is 277 g/mol. The van der Waals surface area contributed by atoms with Crippen LogP contribution < -0.4 is 5.32 Å². The number of pyridine rings is 1.